The van der Waals surface area contributed by atoms with Crippen LogP contribution in [0.15, 0.2) is 18.5 Å². The van der Waals surface area contributed by atoms with Gasteiger partial charge in [-0.25, -0.2) is 9.97 Å². The topological polar surface area (TPSA) is 49.3 Å². The third-order valence-corrected chi connectivity index (χ3v) is 4.77. The second-order valence-corrected chi connectivity index (χ2v) is 6.10. The SMILES string of the molecule is CCN(C)c1ncnc2c1CCN(C(=O)C1CC=CC1)CC2. The van der Waals surface area contributed by atoms with E-state index in [9.17, 15) is 4.79 Å². The molecule has 0 unspecified atom stereocenters. The van der Waals surface area contributed by atoms with E-state index in [4.69, 9.17) is 0 Å². The summed E-state index contributed by atoms with van der Waals surface area (Å²) in [6, 6.07) is 0. The number of anilines is 1. The van der Waals surface area contributed by atoms with Crippen LogP contribution >= 0.6 is 0 Å². The molecule has 1 aromatic rings. The number of amides is 1. The Morgan fingerprint density at radius 2 is 2.00 bits per heavy atom. The molecule has 0 atom stereocenters. The Labute approximate surface area is 132 Å². The van der Waals surface area contributed by atoms with Crippen LogP contribution in [0.25, 0.3) is 0 Å². The number of allylic oxidation sites excluding steroid dienone is 2. The Morgan fingerprint density at radius 1 is 1.27 bits per heavy atom. The van der Waals surface area contributed by atoms with Crippen LogP contribution in [0.2, 0.25) is 0 Å². The summed E-state index contributed by atoms with van der Waals surface area (Å²) in [5, 5.41) is 0. The van der Waals surface area contributed by atoms with E-state index in [0.717, 1.165) is 56.8 Å². The van der Waals surface area contributed by atoms with Gasteiger partial charge in [0.05, 0.1) is 5.69 Å². The quantitative estimate of drug-likeness (QED) is 0.799. The first-order chi connectivity index (χ1) is 10.7. The lowest BCUT2D eigenvalue weighted by atomic mass is 10.1. The molecule has 0 saturated heterocycles. The van der Waals surface area contributed by atoms with Crippen molar-refractivity contribution in [2.24, 2.45) is 5.92 Å². The molecule has 1 amide bonds. The van der Waals surface area contributed by atoms with E-state index in [1.807, 2.05) is 4.90 Å². The third-order valence-electron chi connectivity index (χ3n) is 4.77. The van der Waals surface area contributed by atoms with E-state index in [0.29, 0.717) is 5.91 Å². The molecule has 1 aromatic heterocycles. The van der Waals surface area contributed by atoms with Gasteiger partial charge in [-0.2, -0.15) is 0 Å². The van der Waals surface area contributed by atoms with Gasteiger partial charge >= 0.3 is 0 Å². The average molecular weight is 300 g/mol. The van der Waals surface area contributed by atoms with E-state index in [1.165, 1.54) is 5.56 Å². The number of nitrogens with zero attached hydrogens (tertiary/aromatic N) is 4. The van der Waals surface area contributed by atoms with Crippen molar-refractivity contribution in [3.05, 3.63) is 29.7 Å². The summed E-state index contributed by atoms with van der Waals surface area (Å²) < 4.78 is 0. The second kappa shape index (κ2) is 6.46. The Hall–Kier alpha value is -1.91. The fourth-order valence-electron chi connectivity index (χ4n) is 3.29. The van der Waals surface area contributed by atoms with E-state index < -0.39 is 0 Å². The molecule has 0 N–H and O–H groups in total. The van der Waals surface area contributed by atoms with E-state index >= 15 is 0 Å². The van der Waals surface area contributed by atoms with E-state index in [-0.39, 0.29) is 5.92 Å². The normalized spacial score (nSPS) is 18.2. The van der Waals surface area contributed by atoms with Crippen LogP contribution in [-0.4, -0.2) is 47.5 Å². The lowest BCUT2D eigenvalue weighted by Crippen LogP contribution is -2.37. The maximum Gasteiger partial charge on any atom is 0.226 e. The number of fused-ring (bicyclic) bond motifs is 1. The summed E-state index contributed by atoms with van der Waals surface area (Å²) in [5.74, 6) is 1.48. The van der Waals surface area contributed by atoms with Crippen LogP contribution in [0.4, 0.5) is 5.82 Å². The monoisotopic (exact) mass is 300 g/mol. The fraction of sp³-hybridized carbons (Fsp3) is 0.588. The first-order valence-corrected chi connectivity index (χ1v) is 8.18. The molecule has 5 heteroatoms. The van der Waals surface area contributed by atoms with Crippen molar-refractivity contribution in [3.63, 3.8) is 0 Å². The number of hydrogen-bond acceptors (Lipinski definition) is 4. The first kappa shape index (κ1) is 15.0. The Bertz CT molecular complexity index is 576. The summed E-state index contributed by atoms with van der Waals surface area (Å²) in [6.45, 7) is 4.59. The molecule has 22 heavy (non-hydrogen) atoms. The largest absolute Gasteiger partial charge is 0.360 e. The van der Waals surface area contributed by atoms with Crippen molar-refractivity contribution < 1.29 is 4.79 Å². The molecule has 0 radical (unpaired) electrons. The number of carbonyl (C=O) groups excluding carboxylic acids is 1. The molecule has 1 aliphatic heterocycles. The Kier molecular flexibility index (Phi) is 4.41. The minimum absolute atomic E-state index is 0.157. The molecule has 1 aliphatic carbocycles. The molecular formula is C17H24N4O. The summed E-state index contributed by atoms with van der Waals surface area (Å²) in [5.41, 5.74) is 2.32. The zero-order chi connectivity index (χ0) is 15.5. The predicted octanol–water partition coefficient (Wildman–Crippen LogP) is 1.83. The van der Waals surface area contributed by atoms with Gasteiger partial charge < -0.3 is 9.80 Å². The Morgan fingerprint density at radius 3 is 2.73 bits per heavy atom. The van der Waals surface area contributed by atoms with Crippen molar-refractivity contribution >= 4 is 11.7 Å². The van der Waals surface area contributed by atoms with Gasteiger partial charge in [-0.05, 0) is 26.2 Å². The van der Waals surface area contributed by atoms with Crippen LogP contribution in [0.3, 0.4) is 0 Å². The number of hydrogen-bond donors (Lipinski definition) is 0. The molecule has 2 aliphatic rings. The minimum Gasteiger partial charge on any atom is -0.360 e. The molecule has 3 rings (SSSR count). The van der Waals surface area contributed by atoms with Gasteiger partial charge in [0, 0.05) is 44.6 Å². The van der Waals surface area contributed by atoms with Crippen LogP contribution < -0.4 is 4.90 Å². The summed E-state index contributed by atoms with van der Waals surface area (Å²) >= 11 is 0. The molecular weight excluding hydrogens is 276 g/mol. The molecule has 0 fully saturated rings. The highest BCUT2D eigenvalue weighted by Gasteiger charge is 2.27. The van der Waals surface area contributed by atoms with Crippen molar-refractivity contribution in [1.29, 1.82) is 0 Å². The minimum atomic E-state index is 0.157. The maximum atomic E-state index is 12.6. The summed E-state index contributed by atoms with van der Waals surface area (Å²) in [6.07, 6.45) is 9.36. The third kappa shape index (κ3) is 2.85. The highest BCUT2D eigenvalue weighted by atomic mass is 16.2. The predicted molar refractivity (Wildman–Crippen MR) is 86.8 cm³/mol. The summed E-state index contributed by atoms with van der Waals surface area (Å²) in [4.78, 5) is 25.7. The molecule has 118 valence electrons. The van der Waals surface area contributed by atoms with E-state index in [1.54, 1.807) is 6.33 Å². The van der Waals surface area contributed by atoms with Gasteiger partial charge in [-0.15, -0.1) is 0 Å². The number of carbonyl (C=O) groups is 1. The molecule has 0 bridgehead atoms. The Balaban J connectivity index is 1.76. The molecule has 0 aromatic carbocycles. The van der Waals surface area contributed by atoms with Crippen molar-refractivity contribution in [2.75, 3.05) is 31.6 Å². The smallest absolute Gasteiger partial charge is 0.226 e. The summed E-state index contributed by atoms with van der Waals surface area (Å²) in [7, 11) is 2.06. The highest BCUT2D eigenvalue weighted by Crippen LogP contribution is 2.25. The van der Waals surface area contributed by atoms with Crippen molar-refractivity contribution in [3.8, 4) is 0 Å². The lowest BCUT2D eigenvalue weighted by molar-refractivity contribution is -0.135. The van der Waals surface area contributed by atoms with Crippen LogP contribution in [0, 0.1) is 5.92 Å². The molecule has 5 nitrogen and oxygen atoms in total. The lowest BCUT2D eigenvalue weighted by Gasteiger charge is -2.24. The average Bonchev–Trinajstić information content (AvgIpc) is 3.00. The standard InChI is InChI=1S/C17H24N4O/c1-3-20(2)16-14-8-10-21(11-9-15(14)18-12-19-16)17(22)13-6-4-5-7-13/h4-5,12-13H,3,6-11H2,1-2H3. The highest BCUT2D eigenvalue weighted by molar-refractivity contribution is 5.79. The van der Waals surface area contributed by atoms with Crippen LogP contribution in [0.5, 0.6) is 0 Å². The van der Waals surface area contributed by atoms with Gasteiger partial charge in [-0.3, -0.25) is 4.79 Å². The van der Waals surface area contributed by atoms with Gasteiger partial charge in [0.1, 0.15) is 12.1 Å². The van der Waals surface area contributed by atoms with Gasteiger partial charge in [0.15, 0.2) is 0 Å². The van der Waals surface area contributed by atoms with Gasteiger partial charge in [0.2, 0.25) is 5.91 Å². The van der Waals surface area contributed by atoms with Crippen LogP contribution in [0.1, 0.15) is 31.0 Å². The molecule has 2 heterocycles. The number of rotatable bonds is 3. The first-order valence-electron chi connectivity index (χ1n) is 8.18. The fourth-order valence-corrected chi connectivity index (χ4v) is 3.29. The maximum absolute atomic E-state index is 12.6. The second-order valence-electron chi connectivity index (χ2n) is 6.10. The molecule has 0 saturated carbocycles. The van der Waals surface area contributed by atoms with Crippen molar-refractivity contribution in [2.45, 2.75) is 32.6 Å². The van der Waals surface area contributed by atoms with Crippen molar-refractivity contribution in [1.82, 2.24) is 14.9 Å². The van der Waals surface area contributed by atoms with Crippen LogP contribution in [-0.2, 0) is 17.6 Å². The number of aromatic nitrogens is 2. The zero-order valence-corrected chi connectivity index (χ0v) is 13.5. The van der Waals surface area contributed by atoms with Gasteiger partial charge in [-0.1, -0.05) is 12.2 Å². The molecule has 0 spiro atoms. The zero-order valence-electron chi connectivity index (χ0n) is 13.5. The van der Waals surface area contributed by atoms with E-state index in [2.05, 4.69) is 41.0 Å². The van der Waals surface area contributed by atoms with Gasteiger partial charge in [0.25, 0.3) is 0 Å².